The first-order valence-electron chi connectivity index (χ1n) is 13.4. The highest BCUT2D eigenvalue weighted by atomic mass is 16.4. The molecule has 0 atom stereocenters. The van der Waals surface area contributed by atoms with E-state index >= 15 is 0 Å². The number of anilines is 1. The number of hydrogen-bond acceptors (Lipinski definition) is 3. The van der Waals surface area contributed by atoms with Crippen LogP contribution in [0.25, 0.3) is 21.9 Å². The van der Waals surface area contributed by atoms with Gasteiger partial charge in [0.15, 0.2) is 0 Å². The van der Waals surface area contributed by atoms with Crippen molar-refractivity contribution in [2.45, 2.75) is 25.9 Å². The second-order valence-electron chi connectivity index (χ2n) is 10.1. The summed E-state index contributed by atoms with van der Waals surface area (Å²) < 4.78 is 0. The van der Waals surface area contributed by atoms with Gasteiger partial charge in [0.25, 0.3) is 5.91 Å². The molecule has 0 saturated carbocycles. The van der Waals surface area contributed by atoms with Gasteiger partial charge in [-0.05, 0) is 76.9 Å². The zero-order valence-electron chi connectivity index (χ0n) is 22.0. The molecule has 0 bridgehead atoms. The first kappa shape index (κ1) is 25.2. The van der Waals surface area contributed by atoms with Crippen LogP contribution < -0.4 is 10.2 Å². The monoisotopic (exact) mass is 524 g/mol. The van der Waals surface area contributed by atoms with Crippen molar-refractivity contribution in [3.8, 4) is 11.1 Å². The number of rotatable bonds is 7. The maximum absolute atomic E-state index is 13.0. The SMILES string of the molecule is O=C(NCc1c#cc2ccccc2c1)c1ccc2c(c1)CCCN2Cc1ccc(-c2ccccc2C(=O)O)cc1. The van der Waals surface area contributed by atoms with E-state index in [1.165, 1.54) is 5.56 Å². The van der Waals surface area contributed by atoms with Crippen LogP contribution in [0, 0.1) is 12.1 Å². The van der Waals surface area contributed by atoms with Crippen molar-refractivity contribution in [2.75, 3.05) is 11.4 Å². The van der Waals surface area contributed by atoms with Gasteiger partial charge in [-0.1, -0.05) is 72.8 Å². The largest absolute Gasteiger partial charge is 0.478 e. The summed E-state index contributed by atoms with van der Waals surface area (Å²) in [6.07, 6.45) is 1.95. The lowest BCUT2D eigenvalue weighted by molar-refractivity contribution is 0.0697. The van der Waals surface area contributed by atoms with Crippen molar-refractivity contribution >= 4 is 28.3 Å². The highest BCUT2D eigenvalue weighted by Gasteiger charge is 2.19. The van der Waals surface area contributed by atoms with Crippen molar-refractivity contribution < 1.29 is 14.7 Å². The van der Waals surface area contributed by atoms with Gasteiger partial charge >= 0.3 is 5.97 Å². The molecule has 1 aliphatic heterocycles. The first-order valence-corrected chi connectivity index (χ1v) is 13.4. The summed E-state index contributed by atoms with van der Waals surface area (Å²) in [5.41, 5.74) is 6.93. The van der Waals surface area contributed by atoms with E-state index in [2.05, 4.69) is 40.5 Å². The summed E-state index contributed by atoms with van der Waals surface area (Å²) in [6.45, 7) is 2.08. The number of aromatic carboxylic acids is 1. The van der Waals surface area contributed by atoms with Gasteiger partial charge in [0.2, 0.25) is 0 Å². The minimum Gasteiger partial charge on any atom is -0.478 e. The lowest BCUT2D eigenvalue weighted by Gasteiger charge is -2.31. The zero-order valence-corrected chi connectivity index (χ0v) is 22.0. The third-order valence-electron chi connectivity index (χ3n) is 7.44. The Morgan fingerprint density at radius 2 is 1.68 bits per heavy atom. The van der Waals surface area contributed by atoms with Gasteiger partial charge in [-0.15, -0.1) is 0 Å². The molecule has 5 aromatic rings. The Hall–Kier alpha value is -5.08. The van der Waals surface area contributed by atoms with E-state index in [4.69, 9.17) is 0 Å². The Labute approximate surface area is 233 Å². The van der Waals surface area contributed by atoms with E-state index in [0.717, 1.165) is 59.1 Å². The van der Waals surface area contributed by atoms with Gasteiger partial charge in [-0.2, -0.15) is 0 Å². The maximum Gasteiger partial charge on any atom is 0.336 e. The number of benzene rings is 4. The number of aryl methyl sites for hydroxylation is 1. The quantitative estimate of drug-likeness (QED) is 0.249. The summed E-state index contributed by atoms with van der Waals surface area (Å²) in [6, 6.07) is 37.5. The van der Waals surface area contributed by atoms with E-state index in [0.29, 0.717) is 23.2 Å². The molecule has 1 amide bonds. The molecule has 0 spiro atoms. The number of carbonyl (C=O) groups excluding carboxylic acids is 1. The van der Waals surface area contributed by atoms with Crippen molar-refractivity contribution in [1.29, 1.82) is 0 Å². The Morgan fingerprint density at radius 3 is 2.52 bits per heavy atom. The number of fused-ring (bicyclic) bond motifs is 2. The predicted octanol–water partition coefficient (Wildman–Crippen LogP) is 6.69. The van der Waals surface area contributed by atoms with Gasteiger partial charge in [0.05, 0.1) is 12.1 Å². The number of hydrogen-bond donors (Lipinski definition) is 2. The standard InChI is InChI=1S/C35H28N2O3/c38-34(36-22-25-13-14-26-6-1-2-7-28(26)20-25)30-17-18-33-29(21-30)8-5-19-37(33)23-24-11-15-27(16-12-24)31-9-3-4-10-32(31)35(39)40/h1-4,6-7,9-12,15-18,20-21H,5,8,19,22-23H2,(H,36,38)(H,39,40). The first-order chi connectivity index (χ1) is 19.5. The molecule has 1 aliphatic rings. The number of nitrogens with one attached hydrogen (secondary N) is 1. The van der Waals surface area contributed by atoms with Crippen molar-refractivity contribution in [1.82, 2.24) is 5.32 Å². The van der Waals surface area contributed by atoms with Crippen LogP contribution in [0.5, 0.6) is 0 Å². The second-order valence-corrected chi connectivity index (χ2v) is 10.1. The van der Waals surface area contributed by atoms with Gasteiger partial charge in [-0.25, -0.2) is 4.79 Å². The van der Waals surface area contributed by atoms with Crippen LogP contribution in [0.15, 0.2) is 97.1 Å². The van der Waals surface area contributed by atoms with E-state index in [1.807, 2.05) is 66.7 Å². The highest BCUT2D eigenvalue weighted by molar-refractivity contribution is 5.96. The van der Waals surface area contributed by atoms with Gasteiger partial charge in [0.1, 0.15) is 0 Å². The summed E-state index contributed by atoms with van der Waals surface area (Å²) in [5.74, 6) is -1.03. The van der Waals surface area contributed by atoms with Gasteiger partial charge in [0, 0.05) is 35.3 Å². The Kier molecular flexibility index (Phi) is 6.91. The molecule has 5 nitrogen and oxygen atoms in total. The lowest BCUT2D eigenvalue weighted by Crippen LogP contribution is -2.29. The van der Waals surface area contributed by atoms with E-state index in [1.54, 1.807) is 12.1 Å². The normalized spacial score (nSPS) is 12.4. The molecular weight excluding hydrogens is 496 g/mol. The fraction of sp³-hybridized carbons (Fsp3) is 0.143. The molecule has 0 aliphatic carbocycles. The number of carbonyl (C=O) groups is 2. The molecule has 6 rings (SSSR count). The molecule has 5 heteroatoms. The molecule has 0 saturated heterocycles. The van der Waals surface area contributed by atoms with Crippen LogP contribution in [0.2, 0.25) is 0 Å². The minimum atomic E-state index is -0.928. The average molecular weight is 525 g/mol. The summed E-state index contributed by atoms with van der Waals surface area (Å²) in [7, 11) is 0. The van der Waals surface area contributed by atoms with Gasteiger partial charge < -0.3 is 15.3 Å². The second kappa shape index (κ2) is 11.0. The van der Waals surface area contributed by atoms with Crippen LogP contribution in [0.4, 0.5) is 5.69 Å². The molecule has 0 radical (unpaired) electrons. The van der Waals surface area contributed by atoms with Crippen LogP contribution in [-0.2, 0) is 19.5 Å². The van der Waals surface area contributed by atoms with Crippen LogP contribution in [0.1, 0.15) is 43.8 Å². The molecule has 5 aromatic carbocycles. The number of amides is 1. The van der Waals surface area contributed by atoms with E-state index in [-0.39, 0.29) is 5.91 Å². The highest BCUT2D eigenvalue weighted by Crippen LogP contribution is 2.30. The zero-order chi connectivity index (χ0) is 27.5. The van der Waals surface area contributed by atoms with Crippen molar-refractivity contribution in [3.05, 3.63) is 137 Å². The smallest absolute Gasteiger partial charge is 0.336 e. The summed E-state index contributed by atoms with van der Waals surface area (Å²) in [4.78, 5) is 26.9. The third-order valence-corrected chi connectivity index (χ3v) is 7.44. The van der Waals surface area contributed by atoms with Crippen molar-refractivity contribution in [3.63, 3.8) is 0 Å². The fourth-order valence-corrected chi connectivity index (χ4v) is 5.39. The molecule has 0 aromatic heterocycles. The van der Waals surface area contributed by atoms with E-state index in [9.17, 15) is 14.7 Å². The van der Waals surface area contributed by atoms with Crippen LogP contribution in [-0.4, -0.2) is 23.5 Å². The average Bonchev–Trinajstić information content (AvgIpc) is 3.00. The molecule has 196 valence electrons. The summed E-state index contributed by atoms with van der Waals surface area (Å²) in [5, 5.41) is 14.6. The Balaban J connectivity index is 1.13. The predicted molar refractivity (Wildman–Crippen MR) is 157 cm³/mol. The maximum atomic E-state index is 13.0. The number of nitrogens with zero attached hydrogens (tertiary/aromatic N) is 1. The number of carboxylic acids is 1. The summed E-state index contributed by atoms with van der Waals surface area (Å²) >= 11 is 0. The molecule has 0 fully saturated rings. The van der Waals surface area contributed by atoms with Crippen LogP contribution in [0.3, 0.4) is 0 Å². The minimum absolute atomic E-state index is 0.0984. The molecule has 40 heavy (non-hydrogen) atoms. The molecular formula is C35H28N2O3. The molecule has 1 heterocycles. The molecule has 0 unspecified atom stereocenters. The fourth-order valence-electron chi connectivity index (χ4n) is 5.39. The molecule has 2 N–H and O–H groups in total. The Morgan fingerprint density at radius 1 is 0.875 bits per heavy atom. The third kappa shape index (κ3) is 5.25. The van der Waals surface area contributed by atoms with E-state index < -0.39 is 5.97 Å². The van der Waals surface area contributed by atoms with Gasteiger partial charge in [-0.3, -0.25) is 4.79 Å². The lowest BCUT2D eigenvalue weighted by atomic mass is 9.97. The van der Waals surface area contributed by atoms with Crippen LogP contribution >= 0.6 is 0 Å². The van der Waals surface area contributed by atoms with Crippen molar-refractivity contribution in [2.24, 2.45) is 0 Å². The Bertz CT molecular complexity index is 1710. The number of carboxylic acid groups (broad SMARTS) is 1. The topological polar surface area (TPSA) is 69.6 Å².